The molecule has 0 spiro atoms. The van der Waals surface area contributed by atoms with Gasteiger partial charge in [0, 0.05) is 11.9 Å². The van der Waals surface area contributed by atoms with Gasteiger partial charge in [-0.25, -0.2) is 0 Å². The minimum Gasteiger partial charge on any atom is -0.490 e. The third-order valence-corrected chi connectivity index (χ3v) is 5.88. The highest BCUT2D eigenvalue weighted by molar-refractivity contribution is 7.16. The second kappa shape index (κ2) is 7.28. The summed E-state index contributed by atoms with van der Waals surface area (Å²) in [5.41, 5.74) is 4.08. The van der Waals surface area contributed by atoms with Crippen LogP contribution in [-0.4, -0.2) is 17.1 Å². The molecule has 0 aliphatic heterocycles. The van der Waals surface area contributed by atoms with Crippen molar-refractivity contribution < 1.29 is 13.9 Å². The molecule has 0 aliphatic carbocycles. The highest BCUT2D eigenvalue weighted by atomic mass is 32.1. The Kier molecular flexibility index (Phi) is 4.81. The van der Waals surface area contributed by atoms with Crippen LogP contribution >= 0.6 is 11.3 Å². The van der Waals surface area contributed by atoms with Crippen LogP contribution < -0.4 is 9.54 Å². The van der Waals surface area contributed by atoms with Gasteiger partial charge in [-0.1, -0.05) is 29.5 Å². The van der Waals surface area contributed by atoms with Crippen LogP contribution in [0.1, 0.15) is 35.5 Å². The van der Waals surface area contributed by atoms with Gasteiger partial charge >= 0.3 is 5.91 Å². The van der Waals surface area contributed by atoms with Crippen molar-refractivity contribution in [2.75, 3.05) is 6.61 Å². The highest BCUT2D eigenvalue weighted by Gasteiger charge is 2.16. The summed E-state index contributed by atoms with van der Waals surface area (Å²) in [4.78, 5) is 17.9. The van der Waals surface area contributed by atoms with Crippen molar-refractivity contribution in [1.29, 1.82) is 0 Å². The summed E-state index contributed by atoms with van der Waals surface area (Å²) in [5.74, 6) is 0.465. The molecule has 2 aromatic heterocycles. The molecule has 4 rings (SSSR count). The van der Waals surface area contributed by atoms with Crippen LogP contribution in [0.2, 0.25) is 0 Å². The van der Waals surface area contributed by atoms with E-state index in [0.29, 0.717) is 22.7 Å². The van der Waals surface area contributed by atoms with E-state index < -0.39 is 0 Å². The van der Waals surface area contributed by atoms with E-state index in [1.54, 1.807) is 6.07 Å². The molecule has 0 saturated heterocycles. The summed E-state index contributed by atoms with van der Waals surface area (Å²) in [6, 6.07) is 11.6. The molecule has 0 radical (unpaired) electrons. The smallest absolute Gasteiger partial charge is 0.315 e. The minimum absolute atomic E-state index is 0.218. The number of ether oxygens (including phenoxy) is 1. The molecule has 0 bridgehead atoms. The predicted molar refractivity (Wildman–Crippen MR) is 112 cm³/mol. The number of aryl methyl sites for hydroxylation is 3. The Hall–Kier alpha value is -2.86. The molecular formula is C22H22N2O3S. The van der Waals surface area contributed by atoms with Gasteiger partial charge in [0.15, 0.2) is 21.9 Å². The maximum absolute atomic E-state index is 12.8. The number of carbonyl (C=O) groups excluding carboxylic acids is 1. The van der Waals surface area contributed by atoms with Crippen molar-refractivity contribution in [2.45, 2.75) is 34.2 Å². The van der Waals surface area contributed by atoms with Gasteiger partial charge in [0.05, 0.1) is 16.8 Å². The van der Waals surface area contributed by atoms with E-state index in [-0.39, 0.29) is 11.7 Å². The van der Waals surface area contributed by atoms with Crippen LogP contribution in [-0.2, 0) is 6.54 Å². The number of fused-ring (bicyclic) bond motifs is 2. The van der Waals surface area contributed by atoms with Gasteiger partial charge in [0.25, 0.3) is 0 Å². The zero-order chi connectivity index (χ0) is 19.8. The van der Waals surface area contributed by atoms with Gasteiger partial charge in [0.1, 0.15) is 0 Å². The molecule has 0 atom stereocenters. The number of amides is 1. The number of aromatic nitrogens is 1. The molecule has 2 heterocycles. The van der Waals surface area contributed by atoms with Gasteiger partial charge in [-0.2, -0.15) is 4.99 Å². The van der Waals surface area contributed by atoms with Crippen LogP contribution in [0.3, 0.4) is 0 Å². The van der Waals surface area contributed by atoms with Crippen molar-refractivity contribution in [3.63, 3.8) is 0 Å². The lowest BCUT2D eigenvalue weighted by molar-refractivity contribution is 0.0973. The summed E-state index contributed by atoms with van der Waals surface area (Å²) in [6.07, 6.45) is 0. The number of rotatable bonds is 4. The van der Waals surface area contributed by atoms with E-state index in [1.807, 2.05) is 25.1 Å². The third kappa shape index (κ3) is 3.14. The van der Waals surface area contributed by atoms with E-state index in [2.05, 4.69) is 42.5 Å². The number of hydrogen-bond donors (Lipinski definition) is 0. The largest absolute Gasteiger partial charge is 0.490 e. The van der Waals surface area contributed by atoms with Crippen LogP contribution in [0.4, 0.5) is 0 Å². The normalized spacial score (nSPS) is 12.2. The average Bonchev–Trinajstić information content (AvgIpc) is 3.24. The Morgan fingerprint density at radius 2 is 2.04 bits per heavy atom. The highest BCUT2D eigenvalue weighted by Crippen LogP contribution is 2.29. The molecule has 4 aromatic rings. The van der Waals surface area contributed by atoms with Gasteiger partial charge in [-0.3, -0.25) is 4.79 Å². The monoisotopic (exact) mass is 394 g/mol. The van der Waals surface area contributed by atoms with Gasteiger partial charge in [-0.05, 0) is 57.0 Å². The quantitative estimate of drug-likeness (QED) is 0.476. The van der Waals surface area contributed by atoms with E-state index in [1.165, 1.54) is 22.5 Å². The van der Waals surface area contributed by atoms with Crippen LogP contribution in [0.15, 0.2) is 45.8 Å². The van der Waals surface area contributed by atoms with Gasteiger partial charge in [0.2, 0.25) is 0 Å². The second-order valence-electron chi connectivity index (χ2n) is 6.69. The number of furan rings is 1. The van der Waals surface area contributed by atoms with Crippen LogP contribution in [0.25, 0.3) is 21.2 Å². The molecule has 144 valence electrons. The molecule has 0 unspecified atom stereocenters. The Morgan fingerprint density at radius 1 is 1.21 bits per heavy atom. The molecule has 5 nitrogen and oxygen atoms in total. The fraction of sp³-hybridized carbons (Fsp3) is 0.273. The Balaban J connectivity index is 1.83. The number of hydrogen-bond acceptors (Lipinski definition) is 4. The predicted octanol–water partition coefficient (Wildman–Crippen LogP) is 5.23. The third-order valence-electron chi connectivity index (χ3n) is 4.65. The van der Waals surface area contributed by atoms with E-state index in [4.69, 9.17) is 9.15 Å². The zero-order valence-electron chi connectivity index (χ0n) is 16.4. The van der Waals surface area contributed by atoms with Crippen LogP contribution in [0, 0.1) is 13.8 Å². The van der Waals surface area contributed by atoms with Gasteiger partial charge < -0.3 is 13.7 Å². The van der Waals surface area contributed by atoms with Crippen molar-refractivity contribution in [3.05, 3.63) is 58.1 Å². The zero-order valence-corrected chi connectivity index (χ0v) is 17.2. The standard InChI is InChI=1S/C22H22N2O3S/c1-5-24-16-11-13(3)10-14(4)20(16)28-22(24)23-21(25)18-12-15-8-7-9-17(26-6-2)19(15)27-18/h7-12H,5-6H2,1-4H3. The second-order valence-corrected chi connectivity index (χ2v) is 7.67. The number of carbonyl (C=O) groups is 1. The molecular weight excluding hydrogens is 372 g/mol. The molecule has 1 amide bonds. The number of nitrogens with zero attached hydrogens (tertiary/aromatic N) is 2. The molecule has 0 fully saturated rings. The first-order valence-corrected chi connectivity index (χ1v) is 10.2. The molecule has 2 aromatic carbocycles. The van der Waals surface area contributed by atoms with Crippen LogP contribution in [0.5, 0.6) is 5.75 Å². The summed E-state index contributed by atoms with van der Waals surface area (Å²) >= 11 is 1.53. The number of thiazole rings is 1. The average molecular weight is 394 g/mol. The molecule has 6 heteroatoms. The lowest BCUT2D eigenvalue weighted by atomic mass is 10.1. The maximum Gasteiger partial charge on any atom is 0.315 e. The molecule has 0 aliphatic rings. The van der Waals surface area contributed by atoms with E-state index in [0.717, 1.165) is 22.1 Å². The molecule has 0 saturated carbocycles. The number of benzene rings is 2. The number of para-hydroxylation sites is 1. The Labute approximate surface area is 166 Å². The van der Waals surface area contributed by atoms with E-state index >= 15 is 0 Å². The first kappa shape index (κ1) is 18.5. The van der Waals surface area contributed by atoms with E-state index in [9.17, 15) is 4.79 Å². The topological polar surface area (TPSA) is 56.7 Å². The van der Waals surface area contributed by atoms with Crippen molar-refractivity contribution in [3.8, 4) is 5.75 Å². The first-order chi connectivity index (χ1) is 13.5. The fourth-order valence-corrected chi connectivity index (χ4v) is 4.60. The summed E-state index contributed by atoms with van der Waals surface area (Å²) in [6.45, 7) is 9.41. The van der Waals surface area contributed by atoms with Crippen molar-refractivity contribution in [2.24, 2.45) is 4.99 Å². The SMILES string of the molecule is CCOc1cccc2cc(C(=O)N=c3sc4c(C)cc(C)cc4n3CC)oc12. The van der Waals surface area contributed by atoms with Crippen molar-refractivity contribution in [1.82, 2.24) is 4.57 Å². The maximum atomic E-state index is 12.8. The lowest BCUT2D eigenvalue weighted by Gasteiger charge is -2.03. The van der Waals surface area contributed by atoms with Gasteiger partial charge in [-0.15, -0.1) is 0 Å². The lowest BCUT2D eigenvalue weighted by Crippen LogP contribution is -2.15. The summed E-state index contributed by atoms with van der Waals surface area (Å²) in [5, 5.41) is 0.829. The summed E-state index contributed by atoms with van der Waals surface area (Å²) < 4.78 is 14.6. The Morgan fingerprint density at radius 3 is 2.79 bits per heavy atom. The van der Waals surface area contributed by atoms with Crippen molar-refractivity contribution >= 4 is 38.4 Å². The first-order valence-electron chi connectivity index (χ1n) is 9.36. The molecule has 0 N–H and O–H groups in total. The molecule has 28 heavy (non-hydrogen) atoms. The summed E-state index contributed by atoms with van der Waals surface area (Å²) in [7, 11) is 0. The fourth-order valence-electron chi connectivity index (χ4n) is 3.46. The Bertz CT molecular complexity index is 1260. The minimum atomic E-state index is -0.387.